The molecule has 3 rings (SSSR count). The second kappa shape index (κ2) is 8.49. The summed E-state index contributed by atoms with van der Waals surface area (Å²) in [7, 11) is 0. The maximum absolute atomic E-state index is 12.5. The molecule has 0 aliphatic carbocycles. The van der Waals surface area contributed by atoms with Crippen LogP contribution in [0.1, 0.15) is 35.3 Å². The van der Waals surface area contributed by atoms with Gasteiger partial charge in [-0.05, 0) is 40.8 Å². The number of ether oxygens (including phenoxy) is 1. The highest BCUT2D eigenvalue weighted by Crippen LogP contribution is 2.27. The van der Waals surface area contributed by atoms with Crippen molar-refractivity contribution in [1.29, 1.82) is 0 Å². The van der Waals surface area contributed by atoms with Gasteiger partial charge in [-0.15, -0.1) is 0 Å². The van der Waals surface area contributed by atoms with Gasteiger partial charge in [-0.1, -0.05) is 62.4 Å². The third-order valence-electron chi connectivity index (χ3n) is 4.67. The zero-order valence-corrected chi connectivity index (χ0v) is 15.6. The Hall–Kier alpha value is -3.14. The van der Waals surface area contributed by atoms with Gasteiger partial charge in [0, 0.05) is 5.69 Å². The molecule has 0 bridgehead atoms. The summed E-state index contributed by atoms with van der Waals surface area (Å²) >= 11 is 0. The largest absolute Gasteiger partial charge is 0.483 e. The first-order valence-electron chi connectivity index (χ1n) is 9.18. The number of hydrogen-bond acceptors (Lipinski definition) is 3. The first-order valence-corrected chi connectivity index (χ1v) is 9.18. The van der Waals surface area contributed by atoms with Crippen molar-refractivity contribution in [3.63, 3.8) is 0 Å². The normalized spacial score (nSPS) is 10.6. The SMILES string of the molecule is CCc1cccc(CC)c1NC(=O)COc1ccc2ccccc2c1C=O. The molecule has 3 aromatic carbocycles. The first kappa shape index (κ1) is 18.6. The second-order valence-corrected chi connectivity index (χ2v) is 6.31. The van der Waals surface area contributed by atoms with Crippen LogP contribution < -0.4 is 10.1 Å². The van der Waals surface area contributed by atoms with Gasteiger partial charge in [0.25, 0.3) is 5.91 Å². The van der Waals surface area contributed by atoms with Crippen LogP contribution in [-0.4, -0.2) is 18.8 Å². The topological polar surface area (TPSA) is 55.4 Å². The Morgan fingerprint density at radius 1 is 0.963 bits per heavy atom. The number of benzene rings is 3. The molecule has 0 radical (unpaired) electrons. The lowest BCUT2D eigenvalue weighted by atomic mass is 10.0. The molecule has 0 unspecified atom stereocenters. The zero-order valence-electron chi connectivity index (χ0n) is 15.6. The van der Waals surface area contributed by atoms with Crippen molar-refractivity contribution in [1.82, 2.24) is 0 Å². The number of aldehydes is 1. The predicted molar refractivity (Wildman–Crippen MR) is 109 cm³/mol. The van der Waals surface area contributed by atoms with E-state index in [0.29, 0.717) is 11.3 Å². The summed E-state index contributed by atoms with van der Waals surface area (Å²) in [4.78, 5) is 24.0. The molecule has 4 heteroatoms. The van der Waals surface area contributed by atoms with Crippen molar-refractivity contribution >= 4 is 28.7 Å². The van der Waals surface area contributed by atoms with Crippen molar-refractivity contribution in [2.45, 2.75) is 26.7 Å². The molecule has 0 spiro atoms. The molecule has 0 aliphatic heterocycles. The average molecular weight is 361 g/mol. The van der Waals surface area contributed by atoms with Crippen LogP contribution in [0, 0.1) is 0 Å². The molecule has 0 atom stereocenters. The van der Waals surface area contributed by atoms with Gasteiger partial charge in [0.05, 0.1) is 5.56 Å². The van der Waals surface area contributed by atoms with Crippen molar-refractivity contribution < 1.29 is 14.3 Å². The lowest BCUT2D eigenvalue weighted by molar-refractivity contribution is -0.118. The molecule has 0 aromatic heterocycles. The Morgan fingerprint density at radius 3 is 2.33 bits per heavy atom. The summed E-state index contributed by atoms with van der Waals surface area (Å²) in [5.74, 6) is 0.175. The number of nitrogens with one attached hydrogen (secondary N) is 1. The summed E-state index contributed by atoms with van der Waals surface area (Å²) < 4.78 is 5.67. The molecule has 0 aliphatic rings. The minimum atomic E-state index is -0.240. The Balaban J connectivity index is 1.77. The molecule has 4 nitrogen and oxygen atoms in total. The number of hydrogen-bond donors (Lipinski definition) is 1. The van der Waals surface area contributed by atoms with Crippen molar-refractivity contribution in [3.05, 3.63) is 71.3 Å². The Labute approximate surface area is 159 Å². The van der Waals surface area contributed by atoms with Crippen LogP contribution in [-0.2, 0) is 17.6 Å². The van der Waals surface area contributed by atoms with Crippen LogP contribution in [0.3, 0.4) is 0 Å². The number of fused-ring (bicyclic) bond motifs is 1. The third kappa shape index (κ3) is 4.00. The van der Waals surface area contributed by atoms with E-state index in [4.69, 9.17) is 4.74 Å². The minimum Gasteiger partial charge on any atom is -0.483 e. The highest BCUT2D eigenvalue weighted by molar-refractivity contribution is 6.01. The van der Waals surface area contributed by atoms with Gasteiger partial charge in [0.1, 0.15) is 5.75 Å². The highest BCUT2D eigenvalue weighted by Gasteiger charge is 2.13. The molecule has 0 saturated heterocycles. The number of para-hydroxylation sites is 1. The molecule has 1 amide bonds. The number of amides is 1. The van der Waals surface area contributed by atoms with E-state index in [0.717, 1.165) is 46.7 Å². The van der Waals surface area contributed by atoms with Crippen LogP contribution in [0.2, 0.25) is 0 Å². The van der Waals surface area contributed by atoms with E-state index in [2.05, 4.69) is 19.2 Å². The summed E-state index contributed by atoms with van der Waals surface area (Å²) in [6.45, 7) is 3.97. The molecule has 0 fully saturated rings. The van der Waals surface area contributed by atoms with Crippen LogP contribution in [0.25, 0.3) is 10.8 Å². The quantitative estimate of drug-likeness (QED) is 0.615. The van der Waals surface area contributed by atoms with E-state index >= 15 is 0 Å². The van der Waals surface area contributed by atoms with E-state index in [1.165, 1.54) is 0 Å². The molecule has 0 saturated carbocycles. The van der Waals surface area contributed by atoms with Gasteiger partial charge in [-0.25, -0.2) is 0 Å². The first-order chi connectivity index (χ1) is 13.2. The fourth-order valence-electron chi connectivity index (χ4n) is 3.24. The number of anilines is 1. The van der Waals surface area contributed by atoms with Gasteiger partial charge in [0.2, 0.25) is 0 Å². The number of aryl methyl sites for hydroxylation is 2. The van der Waals surface area contributed by atoms with Gasteiger partial charge < -0.3 is 10.1 Å². The molecule has 27 heavy (non-hydrogen) atoms. The van der Waals surface area contributed by atoms with Crippen molar-refractivity contribution in [2.75, 3.05) is 11.9 Å². The van der Waals surface area contributed by atoms with Crippen LogP contribution in [0.15, 0.2) is 54.6 Å². The van der Waals surface area contributed by atoms with Crippen LogP contribution >= 0.6 is 0 Å². The monoisotopic (exact) mass is 361 g/mol. The average Bonchev–Trinajstić information content (AvgIpc) is 2.71. The fraction of sp³-hybridized carbons (Fsp3) is 0.217. The second-order valence-electron chi connectivity index (χ2n) is 6.31. The van der Waals surface area contributed by atoms with E-state index < -0.39 is 0 Å². The lowest BCUT2D eigenvalue weighted by Gasteiger charge is -2.15. The third-order valence-corrected chi connectivity index (χ3v) is 4.67. The van der Waals surface area contributed by atoms with Crippen molar-refractivity contribution in [2.24, 2.45) is 0 Å². The van der Waals surface area contributed by atoms with Gasteiger partial charge in [-0.3, -0.25) is 9.59 Å². The summed E-state index contributed by atoms with van der Waals surface area (Å²) in [5, 5.41) is 4.75. The highest BCUT2D eigenvalue weighted by atomic mass is 16.5. The Bertz CT molecular complexity index is 956. The predicted octanol–water partition coefficient (Wildman–Crippen LogP) is 4.79. The van der Waals surface area contributed by atoms with Gasteiger partial charge in [-0.2, -0.15) is 0 Å². The maximum atomic E-state index is 12.5. The van der Waals surface area contributed by atoms with Gasteiger partial charge >= 0.3 is 0 Å². The van der Waals surface area contributed by atoms with Crippen molar-refractivity contribution in [3.8, 4) is 5.75 Å². The molecular weight excluding hydrogens is 338 g/mol. The minimum absolute atomic E-state index is 0.152. The number of carbonyl (C=O) groups excluding carboxylic acids is 2. The maximum Gasteiger partial charge on any atom is 0.262 e. The summed E-state index contributed by atoms with van der Waals surface area (Å²) in [6.07, 6.45) is 2.45. The molecule has 0 heterocycles. The molecule has 1 N–H and O–H groups in total. The smallest absolute Gasteiger partial charge is 0.262 e. The van der Waals surface area contributed by atoms with Crippen LogP contribution in [0.5, 0.6) is 5.75 Å². The summed E-state index contributed by atoms with van der Waals surface area (Å²) in [6, 6.07) is 17.3. The fourth-order valence-corrected chi connectivity index (χ4v) is 3.24. The molecular formula is C23H23NO3. The van der Waals surface area contributed by atoms with E-state index in [1.807, 2.05) is 48.5 Å². The standard InChI is InChI=1S/C23H23NO3/c1-3-16-9-7-10-17(4-2)23(16)24-22(26)15-27-21-13-12-18-8-5-6-11-19(18)20(21)14-25/h5-14H,3-4,15H2,1-2H3,(H,24,26). The van der Waals surface area contributed by atoms with Gasteiger partial charge in [0.15, 0.2) is 12.9 Å². The molecule has 138 valence electrons. The van der Waals surface area contributed by atoms with Crippen LogP contribution in [0.4, 0.5) is 5.69 Å². The summed E-state index contributed by atoms with van der Waals surface area (Å²) in [5.41, 5.74) is 3.53. The molecule has 3 aromatic rings. The van der Waals surface area contributed by atoms with E-state index in [1.54, 1.807) is 6.07 Å². The Kier molecular flexibility index (Phi) is 5.87. The lowest BCUT2D eigenvalue weighted by Crippen LogP contribution is -2.22. The Morgan fingerprint density at radius 2 is 1.67 bits per heavy atom. The zero-order chi connectivity index (χ0) is 19.2. The van der Waals surface area contributed by atoms with E-state index in [9.17, 15) is 9.59 Å². The number of rotatable bonds is 7. The number of carbonyl (C=O) groups is 2. The van der Waals surface area contributed by atoms with E-state index in [-0.39, 0.29) is 12.5 Å².